The standard InChI is InChI=1S/3C12H12.3C9H10.3FH/c3*1-8-5-10-7-9-3-2-4-11(9)12(10)6-8;3*1-7-5-8-3-2-4-9(8)6-7;;;/h3*2-3,5H,4,6-7H2,1H3;3*2-3,6H,4-5H2,1H3;3*1H. The lowest BCUT2D eigenvalue weighted by atomic mass is 10.0. The monoisotopic (exact) mass is 883 g/mol. The third kappa shape index (κ3) is 10.0. The van der Waals surface area contributed by atoms with Crippen molar-refractivity contribution in [3.05, 3.63) is 243 Å². The fourth-order valence-corrected chi connectivity index (χ4v) is 12.2. The van der Waals surface area contributed by atoms with Gasteiger partial charge in [-0.15, -0.1) is 0 Å². The molecule has 15 aliphatic carbocycles. The van der Waals surface area contributed by atoms with Gasteiger partial charge in [-0.25, -0.2) is 0 Å². The molecule has 0 aromatic carbocycles. The average Bonchev–Trinajstić information content (AvgIpc) is 4.03. The van der Waals surface area contributed by atoms with Gasteiger partial charge in [0.15, 0.2) is 0 Å². The smallest absolute Gasteiger partial charge is 0.00200 e. The maximum atomic E-state index is 2.38. The molecule has 0 N–H and O–H groups in total. The minimum absolute atomic E-state index is 0. The Labute approximate surface area is 393 Å². The highest BCUT2D eigenvalue weighted by atomic mass is 19.0. The summed E-state index contributed by atoms with van der Waals surface area (Å²) in [5.74, 6) is 0. The first-order valence-corrected chi connectivity index (χ1v) is 24.1. The molecule has 0 radical (unpaired) electrons. The number of halogens is 3. The van der Waals surface area contributed by atoms with Gasteiger partial charge in [-0.1, -0.05) is 143 Å². The van der Waals surface area contributed by atoms with Gasteiger partial charge in [-0.2, -0.15) is 0 Å². The SMILES string of the molecule is CC1=CC2=C(C1)C1=C(C=CC1)C2.CC1=CC2=C(C1)C1=C(C=CC1)C2.CC1=CC2=C(C1)C1=C(C=CC1)C2.CC1=CC2=C(C=CC2)C1.CC1=CC2=C(C=CC2)C1.CC1=CC2=C(C=CC2)C1.F.F.F. The van der Waals surface area contributed by atoms with Crippen LogP contribution in [-0.4, -0.2) is 0 Å². The summed E-state index contributed by atoms with van der Waals surface area (Å²) in [5, 5.41) is 0. The number of rotatable bonds is 0. The van der Waals surface area contributed by atoms with E-state index < -0.39 is 0 Å². The molecule has 0 aliphatic heterocycles. The second-order valence-corrected chi connectivity index (χ2v) is 20.3. The van der Waals surface area contributed by atoms with E-state index in [-0.39, 0.29) is 14.1 Å². The van der Waals surface area contributed by atoms with Crippen LogP contribution in [0.1, 0.15) is 138 Å². The molecule has 0 fully saturated rings. The van der Waals surface area contributed by atoms with Crippen molar-refractivity contribution in [2.24, 2.45) is 0 Å². The second-order valence-electron chi connectivity index (χ2n) is 20.3. The van der Waals surface area contributed by atoms with Crippen molar-refractivity contribution in [2.75, 3.05) is 0 Å². The van der Waals surface area contributed by atoms with Crippen LogP contribution in [-0.2, 0) is 0 Å². The Balaban J connectivity index is 0.000000117. The van der Waals surface area contributed by atoms with E-state index >= 15 is 0 Å². The van der Waals surface area contributed by atoms with E-state index in [9.17, 15) is 0 Å². The van der Waals surface area contributed by atoms with Crippen LogP contribution in [0.3, 0.4) is 0 Å². The van der Waals surface area contributed by atoms with E-state index in [1.54, 1.807) is 117 Å². The Kier molecular flexibility index (Phi) is 15.0. The molecule has 3 heteroatoms. The van der Waals surface area contributed by atoms with E-state index in [1.165, 1.54) is 113 Å². The zero-order valence-corrected chi connectivity index (χ0v) is 40.2. The van der Waals surface area contributed by atoms with Crippen molar-refractivity contribution in [2.45, 2.75) is 138 Å². The summed E-state index contributed by atoms with van der Waals surface area (Å²) in [6, 6.07) is 0. The molecule has 0 unspecified atom stereocenters. The average molecular weight is 883 g/mol. The highest BCUT2D eigenvalue weighted by molar-refractivity contribution is 5.64. The van der Waals surface area contributed by atoms with Gasteiger partial charge < -0.3 is 0 Å². The Morgan fingerprint density at radius 2 is 0.439 bits per heavy atom. The number of hydrogen-bond donors (Lipinski definition) is 0. The van der Waals surface area contributed by atoms with Gasteiger partial charge in [0.2, 0.25) is 0 Å². The lowest BCUT2D eigenvalue weighted by Crippen LogP contribution is -1.83. The van der Waals surface area contributed by atoms with Gasteiger partial charge in [-0.05, 0) is 238 Å². The van der Waals surface area contributed by atoms with E-state index in [2.05, 4.69) is 151 Å². The molecule has 0 bridgehead atoms. The molecule has 0 amide bonds. The maximum absolute atomic E-state index is 2.38. The molecule has 342 valence electrons. The number of hydrogen-bond acceptors (Lipinski definition) is 0. The number of allylic oxidation sites excluding steroid dienone is 42. The highest BCUT2D eigenvalue weighted by Gasteiger charge is 2.29. The van der Waals surface area contributed by atoms with Crippen LogP contribution < -0.4 is 0 Å². The molecule has 0 saturated carbocycles. The summed E-state index contributed by atoms with van der Waals surface area (Å²) in [6.07, 6.45) is 59.3. The van der Waals surface area contributed by atoms with Crippen LogP contribution >= 0.6 is 0 Å². The van der Waals surface area contributed by atoms with E-state index in [4.69, 9.17) is 0 Å². The van der Waals surface area contributed by atoms with Crippen molar-refractivity contribution < 1.29 is 14.1 Å². The lowest BCUT2D eigenvalue weighted by molar-refractivity contribution is 1.11. The molecule has 0 spiro atoms. The molecule has 0 saturated heterocycles. The Hall–Kier alpha value is -5.67. The maximum Gasteiger partial charge on any atom is -0.00200 e. The fraction of sp³-hybridized carbons (Fsp3) is 0.333. The Morgan fingerprint density at radius 3 is 0.712 bits per heavy atom. The van der Waals surface area contributed by atoms with Crippen LogP contribution in [0.15, 0.2) is 243 Å². The largest absolute Gasteiger partial charge is 0.269 e. The van der Waals surface area contributed by atoms with Gasteiger partial charge in [0, 0.05) is 0 Å². The summed E-state index contributed by atoms with van der Waals surface area (Å²) < 4.78 is 0. The van der Waals surface area contributed by atoms with Crippen LogP contribution in [0.2, 0.25) is 0 Å². The minimum atomic E-state index is 0. The summed E-state index contributed by atoms with van der Waals surface area (Å²) >= 11 is 0. The first-order valence-electron chi connectivity index (χ1n) is 24.1. The third-order valence-corrected chi connectivity index (χ3v) is 15.0. The Bertz CT molecular complexity index is 2490. The topological polar surface area (TPSA) is 0 Å². The summed E-state index contributed by atoms with van der Waals surface area (Å²) in [6.45, 7) is 13.3. The van der Waals surface area contributed by atoms with Crippen molar-refractivity contribution in [1.29, 1.82) is 0 Å². The minimum Gasteiger partial charge on any atom is -0.269 e. The van der Waals surface area contributed by atoms with Crippen molar-refractivity contribution >= 4 is 0 Å². The molecule has 0 atom stereocenters. The normalized spacial score (nSPS) is 23.2. The van der Waals surface area contributed by atoms with Crippen LogP contribution in [0.25, 0.3) is 0 Å². The van der Waals surface area contributed by atoms with Gasteiger partial charge in [0.05, 0.1) is 0 Å². The molecule has 15 aliphatic rings. The number of fused-ring (bicyclic) bond motifs is 3. The first kappa shape index (κ1) is 48.3. The third-order valence-electron chi connectivity index (χ3n) is 15.0. The van der Waals surface area contributed by atoms with Crippen LogP contribution in [0.4, 0.5) is 14.1 Å². The quantitative estimate of drug-likeness (QED) is 0.227. The molecule has 0 heterocycles. The predicted octanol–water partition coefficient (Wildman–Crippen LogP) is 18.1. The van der Waals surface area contributed by atoms with Gasteiger partial charge >= 0.3 is 0 Å². The molecular weight excluding hydrogens is 814 g/mol. The van der Waals surface area contributed by atoms with E-state index in [1.807, 2.05) is 0 Å². The second kappa shape index (κ2) is 20.5. The van der Waals surface area contributed by atoms with Crippen molar-refractivity contribution in [3.63, 3.8) is 0 Å². The van der Waals surface area contributed by atoms with Crippen molar-refractivity contribution in [3.8, 4) is 0 Å². The van der Waals surface area contributed by atoms with Gasteiger partial charge in [-0.3, -0.25) is 14.1 Å². The zero-order chi connectivity index (χ0) is 43.2. The highest BCUT2D eigenvalue weighted by Crippen LogP contribution is 2.48. The van der Waals surface area contributed by atoms with Crippen LogP contribution in [0.5, 0.6) is 0 Å². The van der Waals surface area contributed by atoms with Crippen molar-refractivity contribution in [1.82, 2.24) is 0 Å². The lowest BCUT2D eigenvalue weighted by Gasteiger charge is -2.01. The molecule has 0 nitrogen and oxygen atoms in total. The summed E-state index contributed by atoms with van der Waals surface area (Å²) in [4.78, 5) is 0. The predicted molar refractivity (Wildman–Crippen MR) is 277 cm³/mol. The van der Waals surface area contributed by atoms with E-state index in [0.29, 0.717) is 0 Å². The summed E-state index contributed by atoms with van der Waals surface area (Å²) in [5.41, 5.74) is 37.9. The fourth-order valence-electron chi connectivity index (χ4n) is 12.2. The Morgan fingerprint density at radius 1 is 0.212 bits per heavy atom. The molecule has 0 aromatic rings. The van der Waals surface area contributed by atoms with Crippen LogP contribution in [0, 0.1) is 0 Å². The molecule has 66 heavy (non-hydrogen) atoms. The molecule has 0 aromatic heterocycles. The zero-order valence-electron chi connectivity index (χ0n) is 40.2. The first-order chi connectivity index (χ1) is 30.6. The molecule has 15 rings (SSSR count). The van der Waals surface area contributed by atoms with Gasteiger partial charge in [0.25, 0.3) is 0 Å². The molecular formula is C63H69F3. The summed E-state index contributed by atoms with van der Waals surface area (Å²) in [7, 11) is 0. The van der Waals surface area contributed by atoms with E-state index in [0.717, 1.165) is 0 Å². The van der Waals surface area contributed by atoms with Gasteiger partial charge in [0.1, 0.15) is 0 Å².